The zero-order valence-electron chi connectivity index (χ0n) is 12.0. The van der Waals surface area contributed by atoms with Crippen molar-refractivity contribution in [3.05, 3.63) is 29.3 Å². The van der Waals surface area contributed by atoms with Crippen LogP contribution in [0.3, 0.4) is 0 Å². The Morgan fingerprint density at radius 2 is 2.10 bits per heavy atom. The Hall–Kier alpha value is -1.44. The summed E-state index contributed by atoms with van der Waals surface area (Å²) in [6.45, 7) is 4.15. The number of aryl methyl sites for hydroxylation is 1. The number of sulfonamides is 1. The van der Waals surface area contributed by atoms with Gasteiger partial charge >= 0.3 is 5.97 Å². The molecule has 1 aromatic rings. The predicted octanol–water partition coefficient (Wildman–Crippen LogP) is 1.54. The molecule has 0 radical (unpaired) electrons. The smallest absolute Gasteiger partial charge is 0.335 e. The van der Waals surface area contributed by atoms with Crippen LogP contribution in [0.25, 0.3) is 0 Å². The summed E-state index contributed by atoms with van der Waals surface area (Å²) >= 11 is 0. The Morgan fingerprint density at radius 1 is 1.43 bits per heavy atom. The van der Waals surface area contributed by atoms with Gasteiger partial charge in [0.1, 0.15) is 0 Å². The summed E-state index contributed by atoms with van der Waals surface area (Å²) in [5, 5.41) is 9.06. The van der Waals surface area contributed by atoms with Crippen LogP contribution in [0.5, 0.6) is 0 Å². The first-order valence-corrected chi connectivity index (χ1v) is 8.29. The fraction of sp³-hybridized carbons (Fsp3) is 0.500. The van der Waals surface area contributed by atoms with E-state index in [0.29, 0.717) is 25.0 Å². The van der Waals surface area contributed by atoms with Gasteiger partial charge in [-0.05, 0) is 44.4 Å². The SMILES string of the molecule is CCOC1CC(NS(=O)(=O)c2ccc(C)c(C(=O)O)c2)C1. The van der Waals surface area contributed by atoms with Crippen LogP contribution in [0, 0.1) is 6.92 Å². The van der Waals surface area contributed by atoms with E-state index in [1.807, 2.05) is 6.92 Å². The molecular weight excluding hydrogens is 294 g/mol. The van der Waals surface area contributed by atoms with Crippen LogP contribution < -0.4 is 4.72 Å². The molecule has 2 rings (SSSR count). The molecule has 2 N–H and O–H groups in total. The van der Waals surface area contributed by atoms with Crippen LogP contribution in [-0.4, -0.2) is 38.2 Å². The number of hydrogen-bond acceptors (Lipinski definition) is 4. The summed E-state index contributed by atoms with van der Waals surface area (Å²) in [6, 6.07) is 3.96. The van der Waals surface area contributed by atoms with Crippen molar-refractivity contribution in [2.45, 2.75) is 43.7 Å². The molecule has 0 unspecified atom stereocenters. The van der Waals surface area contributed by atoms with Crippen molar-refractivity contribution >= 4 is 16.0 Å². The zero-order valence-corrected chi connectivity index (χ0v) is 12.8. The maximum absolute atomic E-state index is 12.2. The van der Waals surface area contributed by atoms with Gasteiger partial charge in [0.15, 0.2) is 0 Å². The number of aromatic carboxylic acids is 1. The minimum Gasteiger partial charge on any atom is -0.478 e. The van der Waals surface area contributed by atoms with Crippen LogP contribution in [0.4, 0.5) is 0 Å². The van der Waals surface area contributed by atoms with Crippen molar-refractivity contribution < 1.29 is 23.1 Å². The molecular formula is C14H19NO5S. The maximum atomic E-state index is 12.2. The molecule has 0 heterocycles. The average Bonchev–Trinajstić information content (AvgIpc) is 2.36. The van der Waals surface area contributed by atoms with Gasteiger partial charge in [-0.1, -0.05) is 6.07 Å². The Kier molecular flexibility index (Phi) is 4.65. The van der Waals surface area contributed by atoms with Crippen molar-refractivity contribution in [2.24, 2.45) is 0 Å². The van der Waals surface area contributed by atoms with Crippen molar-refractivity contribution in [2.75, 3.05) is 6.61 Å². The van der Waals surface area contributed by atoms with Gasteiger partial charge in [-0.15, -0.1) is 0 Å². The second kappa shape index (κ2) is 6.13. The molecule has 0 saturated heterocycles. The molecule has 7 heteroatoms. The number of hydrogen-bond donors (Lipinski definition) is 2. The van der Waals surface area contributed by atoms with Crippen LogP contribution in [0.1, 0.15) is 35.7 Å². The second-order valence-electron chi connectivity index (χ2n) is 5.15. The molecule has 21 heavy (non-hydrogen) atoms. The topological polar surface area (TPSA) is 92.7 Å². The third-order valence-electron chi connectivity index (χ3n) is 3.57. The Bertz CT molecular complexity index is 635. The first-order valence-electron chi connectivity index (χ1n) is 6.81. The van der Waals surface area contributed by atoms with Crippen molar-refractivity contribution in [1.29, 1.82) is 0 Å². The number of nitrogens with one attached hydrogen (secondary N) is 1. The van der Waals surface area contributed by atoms with E-state index in [0.717, 1.165) is 0 Å². The van der Waals surface area contributed by atoms with Crippen LogP contribution in [0.2, 0.25) is 0 Å². The van der Waals surface area contributed by atoms with Crippen LogP contribution in [-0.2, 0) is 14.8 Å². The van der Waals surface area contributed by atoms with E-state index in [9.17, 15) is 13.2 Å². The Labute approximate surface area is 124 Å². The normalized spacial score (nSPS) is 21.8. The standard InChI is InChI=1S/C14H19NO5S/c1-3-20-11-6-10(7-11)15-21(18,19)12-5-4-9(2)13(8-12)14(16)17/h4-5,8,10-11,15H,3,6-7H2,1-2H3,(H,16,17). The first kappa shape index (κ1) is 15.9. The number of benzene rings is 1. The summed E-state index contributed by atoms with van der Waals surface area (Å²) in [7, 11) is -3.70. The molecule has 0 aromatic heterocycles. The number of carbonyl (C=O) groups is 1. The molecule has 116 valence electrons. The van der Waals surface area contributed by atoms with Crippen molar-refractivity contribution in [3.8, 4) is 0 Å². The van der Waals surface area contributed by atoms with E-state index in [1.165, 1.54) is 18.2 Å². The molecule has 0 amide bonds. The maximum Gasteiger partial charge on any atom is 0.335 e. The van der Waals surface area contributed by atoms with Gasteiger partial charge in [-0.2, -0.15) is 0 Å². The minimum absolute atomic E-state index is 0.00122. The van der Waals surface area contributed by atoms with Gasteiger partial charge in [-0.3, -0.25) is 0 Å². The van der Waals surface area contributed by atoms with Gasteiger partial charge in [0.2, 0.25) is 10.0 Å². The number of ether oxygens (including phenoxy) is 1. The molecule has 1 fully saturated rings. The zero-order chi connectivity index (χ0) is 15.6. The summed E-state index contributed by atoms with van der Waals surface area (Å²) in [5.74, 6) is -1.13. The van der Waals surface area contributed by atoms with E-state index in [-0.39, 0.29) is 22.6 Å². The fourth-order valence-corrected chi connectivity index (χ4v) is 3.61. The van der Waals surface area contributed by atoms with Gasteiger partial charge in [0.25, 0.3) is 0 Å². The average molecular weight is 313 g/mol. The summed E-state index contributed by atoms with van der Waals surface area (Å²) in [4.78, 5) is 11.1. The van der Waals surface area contributed by atoms with E-state index in [4.69, 9.17) is 9.84 Å². The highest BCUT2D eigenvalue weighted by atomic mass is 32.2. The molecule has 6 nitrogen and oxygen atoms in total. The lowest BCUT2D eigenvalue weighted by Crippen LogP contribution is -2.47. The number of rotatable bonds is 6. The lowest BCUT2D eigenvalue weighted by atomic mass is 9.90. The van der Waals surface area contributed by atoms with Gasteiger partial charge in [-0.25, -0.2) is 17.9 Å². The molecule has 0 bridgehead atoms. The van der Waals surface area contributed by atoms with E-state index < -0.39 is 16.0 Å². The quantitative estimate of drug-likeness (QED) is 0.831. The summed E-state index contributed by atoms with van der Waals surface area (Å²) < 4.78 is 32.4. The molecule has 0 atom stereocenters. The van der Waals surface area contributed by atoms with Gasteiger partial charge in [0, 0.05) is 12.6 Å². The lowest BCUT2D eigenvalue weighted by Gasteiger charge is -2.35. The first-order chi connectivity index (χ1) is 9.83. The third kappa shape index (κ3) is 3.61. The van der Waals surface area contributed by atoms with E-state index >= 15 is 0 Å². The molecule has 0 aliphatic heterocycles. The van der Waals surface area contributed by atoms with Crippen LogP contribution in [0.15, 0.2) is 23.1 Å². The van der Waals surface area contributed by atoms with Crippen molar-refractivity contribution in [3.63, 3.8) is 0 Å². The second-order valence-corrected chi connectivity index (χ2v) is 6.86. The number of carboxylic acids is 1. The molecule has 0 spiro atoms. The van der Waals surface area contributed by atoms with Crippen molar-refractivity contribution in [1.82, 2.24) is 4.72 Å². The van der Waals surface area contributed by atoms with Crippen LogP contribution >= 0.6 is 0 Å². The Balaban J connectivity index is 2.10. The molecule has 1 aromatic carbocycles. The van der Waals surface area contributed by atoms with E-state index in [2.05, 4.69) is 4.72 Å². The summed E-state index contributed by atoms with van der Waals surface area (Å²) in [6.07, 6.45) is 1.39. The Morgan fingerprint density at radius 3 is 2.67 bits per heavy atom. The highest BCUT2D eigenvalue weighted by Gasteiger charge is 2.33. The van der Waals surface area contributed by atoms with E-state index in [1.54, 1.807) is 6.92 Å². The minimum atomic E-state index is -3.70. The number of carboxylic acid groups (broad SMARTS) is 1. The van der Waals surface area contributed by atoms with Gasteiger partial charge in [0.05, 0.1) is 16.6 Å². The molecule has 1 aliphatic carbocycles. The highest BCUT2D eigenvalue weighted by Crippen LogP contribution is 2.25. The fourth-order valence-electron chi connectivity index (χ4n) is 2.32. The largest absolute Gasteiger partial charge is 0.478 e. The molecule has 1 aliphatic rings. The predicted molar refractivity (Wildman–Crippen MR) is 76.9 cm³/mol. The summed E-state index contributed by atoms with van der Waals surface area (Å²) in [5.41, 5.74) is 0.528. The molecule has 1 saturated carbocycles. The van der Waals surface area contributed by atoms with Gasteiger partial charge < -0.3 is 9.84 Å². The monoisotopic (exact) mass is 313 g/mol. The lowest BCUT2D eigenvalue weighted by molar-refractivity contribution is -0.00476. The highest BCUT2D eigenvalue weighted by molar-refractivity contribution is 7.89. The third-order valence-corrected chi connectivity index (χ3v) is 5.09.